The van der Waals surface area contributed by atoms with Crippen LogP contribution in [0.5, 0.6) is 0 Å². The predicted molar refractivity (Wildman–Crippen MR) is 75.9 cm³/mol. The first-order chi connectivity index (χ1) is 9.97. The minimum atomic E-state index is -0.751. The number of aromatic nitrogens is 2. The summed E-state index contributed by atoms with van der Waals surface area (Å²) in [5, 5.41) is 20.4. The highest BCUT2D eigenvalue weighted by Crippen LogP contribution is 2.17. The average molecular weight is 291 g/mol. The Labute approximate surface area is 120 Å². The van der Waals surface area contributed by atoms with E-state index in [0.29, 0.717) is 11.4 Å². The number of hydrogen-bond donors (Lipinski definition) is 1. The number of nitrogens with zero attached hydrogens (tertiary/aromatic N) is 3. The molecule has 0 amide bonds. The van der Waals surface area contributed by atoms with E-state index in [1.54, 1.807) is 24.3 Å². The first-order valence-electron chi connectivity index (χ1n) is 6.29. The SMILES string of the molecule is CC(O)Cn1c([N+](=O)[O-])cnc1/C=C/c1cccc(F)c1. The molecular weight excluding hydrogens is 277 g/mol. The molecule has 0 aliphatic carbocycles. The quantitative estimate of drug-likeness (QED) is 0.677. The zero-order valence-corrected chi connectivity index (χ0v) is 11.3. The number of halogens is 1. The van der Waals surface area contributed by atoms with Crippen LogP contribution >= 0.6 is 0 Å². The summed E-state index contributed by atoms with van der Waals surface area (Å²) in [7, 11) is 0. The third-order valence-electron chi connectivity index (χ3n) is 2.77. The summed E-state index contributed by atoms with van der Waals surface area (Å²) in [6.45, 7) is 1.59. The Morgan fingerprint density at radius 1 is 1.52 bits per heavy atom. The van der Waals surface area contributed by atoms with E-state index in [9.17, 15) is 19.6 Å². The number of imidazole rings is 1. The molecular formula is C14H14FN3O3. The molecule has 1 heterocycles. The van der Waals surface area contributed by atoms with Crippen LogP contribution in [0.25, 0.3) is 12.2 Å². The van der Waals surface area contributed by atoms with Crippen molar-refractivity contribution in [1.82, 2.24) is 9.55 Å². The Balaban J connectivity index is 2.33. The van der Waals surface area contributed by atoms with Crippen LogP contribution in [0.1, 0.15) is 18.3 Å². The van der Waals surface area contributed by atoms with Crippen LogP contribution in [0, 0.1) is 15.9 Å². The molecule has 110 valence electrons. The van der Waals surface area contributed by atoms with Crippen molar-refractivity contribution >= 4 is 18.0 Å². The molecule has 7 heteroatoms. The van der Waals surface area contributed by atoms with E-state index < -0.39 is 11.0 Å². The summed E-state index contributed by atoms with van der Waals surface area (Å²) < 4.78 is 14.4. The van der Waals surface area contributed by atoms with Crippen LogP contribution in [0.3, 0.4) is 0 Å². The van der Waals surface area contributed by atoms with Crippen LogP contribution in [-0.2, 0) is 6.54 Å². The van der Waals surface area contributed by atoms with E-state index in [2.05, 4.69) is 4.98 Å². The lowest BCUT2D eigenvalue weighted by molar-refractivity contribution is -0.392. The lowest BCUT2D eigenvalue weighted by Crippen LogP contribution is -2.14. The molecule has 1 aromatic carbocycles. The molecule has 0 bridgehead atoms. The van der Waals surface area contributed by atoms with Crippen molar-refractivity contribution in [1.29, 1.82) is 0 Å². The molecule has 0 saturated heterocycles. The van der Waals surface area contributed by atoms with Gasteiger partial charge in [-0.15, -0.1) is 0 Å². The first kappa shape index (κ1) is 14.9. The van der Waals surface area contributed by atoms with Gasteiger partial charge in [-0.25, -0.2) is 13.9 Å². The third kappa shape index (κ3) is 3.73. The highest BCUT2D eigenvalue weighted by Gasteiger charge is 2.19. The predicted octanol–water partition coefficient (Wildman–Crippen LogP) is 2.48. The van der Waals surface area contributed by atoms with Crippen molar-refractivity contribution in [3.8, 4) is 0 Å². The molecule has 0 aliphatic heterocycles. The number of benzene rings is 1. The first-order valence-corrected chi connectivity index (χ1v) is 6.29. The van der Waals surface area contributed by atoms with Gasteiger partial charge in [0.05, 0.1) is 6.10 Å². The zero-order chi connectivity index (χ0) is 15.4. The molecule has 0 spiro atoms. The fourth-order valence-electron chi connectivity index (χ4n) is 1.89. The number of aliphatic hydroxyl groups excluding tert-OH is 1. The minimum absolute atomic E-state index is 0.0547. The van der Waals surface area contributed by atoms with Crippen molar-refractivity contribution in [2.45, 2.75) is 19.6 Å². The van der Waals surface area contributed by atoms with Crippen LogP contribution in [0.4, 0.5) is 10.2 Å². The molecule has 0 aliphatic rings. The molecule has 0 fully saturated rings. The standard InChI is InChI=1S/C14H14FN3O3/c1-10(19)9-17-13(16-8-14(17)18(20)21)6-5-11-3-2-4-12(15)7-11/h2-8,10,19H,9H2,1H3/b6-5+. The number of nitro groups is 1. The fourth-order valence-corrected chi connectivity index (χ4v) is 1.89. The van der Waals surface area contributed by atoms with Crippen molar-refractivity contribution in [3.05, 3.63) is 57.8 Å². The molecule has 1 aromatic heterocycles. The number of hydrogen-bond acceptors (Lipinski definition) is 4. The van der Waals surface area contributed by atoms with E-state index in [-0.39, 0.29) is 18.2 Å². The van der Waals surface area contributed by atoms with Crippen LogP contribution < -0.4 is 0 Å². The Bertz CT molecular complexity index is 680. The van der Waals surface area contributed by atoms with Crippen LogP contribution in [-0.4, -0.2) is 25.7 Å². The summed E-state index contributed by atoms with van der Waals surface area (Å²) in [6, 6.07) is 5.94. The van der Waals surface area contributed by atoms with Crippen molar-refractivity contribution in [3.63, 3.8) is 0 Å². The molecule has 0 radical (unpaired) electrons. The summed E-state index contributed by atoms with van der Waals surface area (Å²) in [4.78, 5) is 14.3. The maximum atomic E-state index is 13.1. The lowest BCUT2D eigenvalue weighted by atomic mass is 10.2. The monoisotopic (exact) mass is 291 g/mol. The van der Waals surface area contributed by atoms with Gasteiger partial charge in [-0.3, -0.25) is 0 Å². The Kier molecular flexibility index (Phi) is 4.44. The molecule has 0 saturated carbocycles. The topological polar surface area (TPSA) is 81.2 Å². The van der Waals surface area contributed by atoms with Gasteiger partial charge in [-0.05, 0) is 35.6 Å². The van der Waals surface area contributed by atoms with Gasteiger partial charge < -0.3 is 15.2 Å². The number of rotatable bonds is 5. The summed E-state index contributed by atoms with van der Waals surface area (Å²) in [5.74, 6) is -0.239. The van der Waals surface area contributed by atoms with Gasteiger partial charge in [0.15, 0.2) is 0 Å². The highest BCUT2D eigenvalue weighted by molar-refractivity contribution is 5.67. The third-order valence-corrected chi connectivity index (χ3v) is 2.77. The van der Waals surface area contributed by atoms with Crippen molar-refractivity contribution in [2.24, 2.45) is 0 Å². The van der Waals surface area contributed by atoms with E-state index in [0.717, 1.165) is 6.20 Å². The molecule has 2 aromatic rings. The Morgan fingerprint density at radius 3 is 2.90 bits per heavy atom. The second-order valence-electron chi connectivity index (χ2n) is 4.58. The average Bonchev–Trinajstić information content (AvgIpc) is 2.79. The maximum Gasteiger partial charge on any atom is 0.343 e. The summed E-state index contributed by atoms with van der Waals surface area (Å²) in [5.41, 5.74) is 0.615. The van der Waals surface area contributed by atoms with Gasteiger partial charge >= 0.3 is 5.82 Å². The van der Waals surface area contributed by atoms with Crippen molar-refractivity contribution < 1.29 is 14.4 Å². The van der Waals surface area contributed by atoms with E-state index in [1.165, 1.54) is 23.6 Å². The summed E-state index contributed by atoms with van der Waals surface area (Å²) >= 11 is 0. The van der Waals surface area contributed by atoms with Crippen molar-refractivity contribution in [2.75, 3.05) is 0 Å². The van der Waals surface area contributed by atoms with E-state index >= 15 is 0 Å². The van der Waals surface area contributed by atoms with Crippen LogP contribution in [0.2, 0.25) is 0 Å². The second-order valence-corrected chi connectivity index (χ2v) is 4.58. The molecule has 1 N–H and O–H groups in total. The van der Waals surface area contributed by atoms with Crippen LogP contribution in [0.15, 0.2) is 30.5 Å². The fraction of sp³-hybridized carbons (Fsp3) is 0.214. The normalized spacial score (nSPS) is 12.7. The summed E-state index contributed by atoms with van der Waals surface area (Å²) in [6.07, 6.45) is 3.53. The molecule has 1 unspecified atom stereocenters. The van der Waals surface area contributed by atoms with Gasteiger partial charge in [0.25, 0.3) is 0 Å². The molecule has 2 rings (SSSR count). The molecule has 21 heavy (non-hydrogen) atoms. The molecule has 1 atom stereocenters. The smallest absolute Gasteiger partial charge is 0.343 e. The lowest BCUT2D eigenvalue weighted by Gasteiger charge is -2.04. The van der Waals surface area contributed by atoms with Gasteiger partial charge in [0.1, 0.15) is 18.6 Å². The maximum absolute atomic E-state index is 13.1. The van der Waals surface area contributed by atoms with E-state index in [1.807, 2.05) is 0 Å². The van der Waals surface area contributed by atoms with Gasteiger partial charge in [-0.1, -0.05) is 12.1 Å². The van der Waals surface area contributed by atoms with Gasteiger partial charge in [0.2, 0.25) is 5.82 Å². The zero-order valence-electron chi connectivity index (χ0n) is 11.3. The van der Waals surface area contributed by atoms with Gasteiger partial charge in [0, 0.05) is 6.08 Å². The second kappa shape index (κ2) is 6.27. The largest absolute Gasteiger partial charge is 0.389 e. The highest BCUT2D eigenvalue weighted by atomic mass is 19.1. The number of aliphatic hydroxyl groups is 1. The van der Waals surface area contributed by atoms with E-state index in [4.69, 9.17) is 0 Å². The Hall–Kier alpha value is -2.54. The molecule has 6 nitrogen and oxygen atoms in total. The van der Waals surface area contributed by atoms with Gasteiger partial charge in [-0.2, -0.15) is 0 Å². The Morgan fingerprint density at radius 2 is 2.29 bits per heavy atom. The minimum Gasteiger partial charge on any atom is -0.389 e.